The molecule has 3 unspecified atom stereocenters. The first-order valence-corrected chi connectivity index (χ1v) is 6.92. The highest BCUT2D eigenvalue weighted by molar-refractivity contribution is 5.83. The van der Waals surface area contributed by atoms with Crippen LogP contribution in [0.15, 0.2) is 0 Å². The Balaban J connectivity index is 2.57. The lowest BCUT2D eigenvalue weighted by Gasteiger charge is -2.29. The molecule has 1 saturated carbocycles. The van der Waals surface area contributed by atoms with E-state index in [4.69, 9.17) is 0 Å². The molecule has 0 radical (unpaired) electrons. The quantitative estimate of drug-likeness (QED) is 0.735. The molecule has 0 aromatic heterocycles. The second-order valence-corrected chi connectivity index (χ2v) is 6.78. The van der Waals surface area contributed by atoms with E-state index in [2.05, 4.69) is 24.5 Å². The van der Waals surface area contributed by atoms with E-state index in [9.17, 15) is 14.7 Å². The summed E-state index contributed by atoms with van der Waals surface area (Å²) in [4.78, 5) is 23.1. The Morgan fingerprint density at radius 1 is 1.21 bits per heavy atom. The standard InChI is InChI=1S/C14H26N2O3/c1-8-6-7-10(9(8)2)15-13(19)16-11(12(17)18)14(3,4)5/h8-11H,6-7H2,1-5H3,(H,17,18)(H2,15,16,19)/t8?,9?,10?,11-/m1/s1. The SMILES string of the molecule is CC1CCC(NC(=O)N[C@H](C(=O)O)C(C)(C)C)C1C. The number of nitrogens with one attached hydrogen (secondary N) is 2. The summed E-state index contributed by atoms with van der Waals surface area (Å²) in [5.74, 6) is 0.0299. The first-order chi connectivity index (χ1) is 8.62. The number of carboxylic acids is 1. The van der Waals surface area contributed by atoms with Crippen molar-refractivity contribution in [1.29, 1.82) is 0 Å². The maximum Gasteiger partial charge on any atom is 0.326 e. The molecule has 19 heavy (non-hydrogen) atoms. The molecule has 0 bridgehead atoms. The molecular formula is C14H26N2O3. The van der Waals surface area contributed by atoms with Crippen LogP contribution in [0.3, 0.4) is 0 Å². The van der Waals surface area contributed by atoms with E-state index >= 15 is 0 Å². The van der Waals surface area contributed by atoms with Crippen LogP contribution >= 0.6 is 0 Å². The topological polar surface area (TPSA) is 78.4 Å². The Labute approximate surface area is 115 Å². The van der Waals surface area contributed by atoms with Crippen LogP contribution in [0.2, 0.25) is 0 Å². The highest BCUT2D eigenvalue weighted by Gasteiger charge is 2.35. The van der Waals surface area contributed by atoms with Crippen LogP contribution < -0.4 is 10.6 Å². The molecule has 0 spiro atoms. The second-order valence-electron chi connectivity index (χ2n) is 6.78. The van der Waals surface area contributed by atoms with E-state index in [-0.39, 0.29) is 12.1 Å². The maximum absolute atomic E-state index is 11.9. The van der Waals surface area contributed by atoms with Crippen LogP contribution in [-0.2, 0) is 4.79 Å². The average Bonchev–Trinajstić information content (AvgIpc) is 2.56. The van der Waals surface area contributed by atoms with Crippen LogP contribution in [0.25, 0.3) is 0 Å². The summed E-state index contributed by atoms with van der Waals surface area (Å²) in [5.41, 5.74) is -0.516. The molecule has 0 heterocycles. The Hall–Kier alpha value is -1.26. The Bertz CT molecular complexity index is 349. The number of amides is 2. The fourth-order valence-corrected chi connectivity index (χ4v) is 2.56. The van der Waals surface area contributed by atoms with Crippen molar-refractivity contribution < 1.29 is 14.7 Å². The van der Waals surface area contributed by atoms with E-state index in [1.165, 1.54) is 0 Å². The summed E-state index contributed by atoms with van der Waals surface area (Å²) in [6, 6.07) is -1.13. The summed E-state index contributed by atoms with van der Waals surface area (Å²) in [6.07, 6.45) is 2.07. The summed E-state index contributed by atoms with van der Waals surface area (Å²) >= 11 is 0. The number of hydrogen-bond acceptors (Lipinski definition) is 2. The van der Waals surface area contributed by atoms with Gasteiger partial charge in [-0.25, -0.2) is 9.59 Å². The van der Waals surface area contributed by atoms with Crippen LogP contribution in [0.1, 0.15) is 47.5 Å². The normalized spacial score (nSPS) is 28.8. The molecule has 1 fully saturated rings. The first kappa shape index (κ1) is 15.8. The predicted octanol–water partition coefficient (Wildman–Crippen LogP) is 2.22. The Morgan fingerprint density at radius 3 is 2.16 bits per heavy atom. The zero-order valence-corrected chi connectivity index (χ0v) is 12.5. The fourth-order valence-electron chi connectivity index (χ4n) is 2.56. The van der Waals surface area contributed by atoms with E-state index < -0.39 is 17.4 Å². The summed E-state index contributed by atoms with van der Waals surface area (Å²) < 4.78 is 0. The van der Waals surface area contributed by atoms with Gasteiger partial charge in [-0.2, -0.15) is 0 Å². The molecule has 1 rings (SSSR count). The van der Waals surface area contributed by atoms with Crippen LogP contribution in [-0.4, -0.2) is 29.2 Å². The molecule has 110 valence electrons. The van der Waals surface area contributed by atoms with Gasteiger partial charge in [0, 0.05) is 6.04 Å². The van der Waals surface area contributed by atoms with Gasteiger partial charge in [0.25, 0.3) is 0 Å². The lowest BCUT2D eigenvalue weighted by atomic mass is 9.87. The summed E-state index contributed by atoms with van der Waals surface area (Å²) in [7, 11) is 0. The van der Waals surface area contributed by atoms with Crippen LogP contribution in [0.5, 0.6) is 0 Å². The van der Waals surface area contributed by atoms with Crippen molar-refractivity contribution in [3.8, 4) is 0 Å². The number of rotatable bonds is 3. The van der Waals surface area contributed by atoms with Gasteiger partial charge in [0.15, 0.2) is 0 Å². The van der Waals surface area contributed by atoms with Gasteiger partial charge in [-0.1, -0.05) is 34.6 Å². The van der Waals surface area contributed by atoms with Crippen molar-refractivity contribution in [2.45, 2.75) is 59.5 Å². The van der Waals surface area contributed by atoms with Gasteiger partial charge in [-0.15, -0.1) is 0 Å². The second kappa shape index (κ2) is 5.80. The number of carboxylic acid groups (broad SMARTS) is 1. The minimum absolute atomic E-state index is 0.143. The molecule has 0 aromatic carbocycles. The van der Waals surface area contributed by atoms with Gasteiger partial charge in [-0.3, -0.25) is 0 Å². The fraction of sp³-hybridized carbons (Fsp3) is 0.857. The summed E-state index contributed by atoms with van der Waals surface area (Å²) in [6.45, 7) is 9.70. The third kappa shape index (κ3) is 4.11. The monoisotopic (exact) mass is 270 g/mol. The average molecular weight is 270 g/mol. The van der Waals surface area contributed by atoms with Gasteiger partial charge >= 0.3 is 12.0 Å². The largest absolute Gasteiger partial charge is 0.480 e. The molecule has 5 heteroatoms. The molecule has 0 saturated heterocycles. The number of urea groups is 1. The first-order valence-electron chi connectivity index (χ1n) is 6.92. The van der Waals surface area contributed by atoms with Crippen molar-refractivity contribution in [2.75, 3.05) is 0 Å². The van der Waals surface area contributed by atoms with Crippen LogP contribution in [0, 0.1) is 17.3 Å². The molecule has 4 atom stereocenters. The predicted molar refractivity (Wildman–Crippen MR) is 73.9 cm³/mol. The highest BCUT2D eigenvalue weighted by atomic mass is 16.4. The van der Waals surface area contributed by atoms with Crippen molar-refractivity contribution >= 4 is 12.0 Å². The molecule has 2 amide bonds. The lowest BCUT2D eigenvalue weighted by Crippen LogP contribution is -2.54. The number of hydrogen-bond donors (Lipinski definition) is 3. The maximum atomic E-state index is 11.9. The molecule has 0 aromatic rings. The molecule has 5 nitrogen and oxygen atoms in total. The van der Waals surface area contributed by atoms with Crippen molar-refractivity contribution in [1.82, 2.24) is 10.6 Å². The van der Waals surface area contributed by atoms with Gasteiger partial charge in [0.05, 0.1) is 0 Å². The Morgan fingerprint density at radius 2 is 1.79 bits per heavy atom. The van der Waals surface area contributed by atoms with E-state index in [1.54, 1.807) is 20.8 Å². The van der Waals surface area contributed by atoms with Gasteiger partial charge in [-0.05, 0) is 30.1 Å². The number of carbonyl (C=O) groups excluding carboxylic acids is 1. The van der Waals surface area contributed by atoms with Crippen molar-refractivity contribution in [2.24, 2.45) is 17.3 Å². The van der Waals surface area contributed by atoms with Crippen molar-refractivity contribution in [3.05, 3.63) is 0 Å². The zero-order valence-electron chi connectivity index (χ0n) is 12.5. The molecule has 3 N–H and O–H groups in total. The molecule has 1 aliphatic rings. The smallest absolute Gasteiger partial charge is 0.326 e. The highest BCUT2D eigenvalue weighted by Crippen LogP contribution is 2.31. The van der Waals surface area contributed by atoms with Crippen LogP contribution in [0.4, 0.5) is 4.79 Å². The van der Waals surface area contributed by atoms with Crippen molar-refractivity contribution in [3.63, 3.8) is 0 Å². The summed E-state index contributed by atoms with van der Waals surface area (Å²) in [5, 5.41) is 14.6. The Kier molecular flexibility index (Phi) is 4.82. The van der Waals surface area contributed by atoms with Gasteiger partial charge < -0.3 is 15.7 Å². The van der Waals surface area contributed by atoms with Gasteiger partial charge in [0.1, 0.15) is 6.04 Å². The molecule has 1 aliphatic carbocycles. The zero-order chi connectivity index (χ0) is 14.8. The van der Waals surface area contributed by atoms with Gasteiger partial charge in [0.2, 0.25) is 0 Å². The van der Waals surface area contributed by atoms with E-state index in [0.717, 1.165) is 12.8 Å². The third-order valence-electron chi connectivity index (χ3n) is 4.17. The number of aliphatic carboxylic acids is 1. The van der Waals surface area contributed by atoms with E-state index in [1.807, 2.05) is 0 Å². The lowest BCUT2D eigenvalue weighted by molar-refractivity contribution is -0.141. The number of carbonyl (C=O) groups is 2. The minimum Gasteiger partial charge on any atom is -0.480 e. The minimum atomic E-state index is -1.00. The van der Waals surface area contributed by atoms with E-state index in [0.29, 0.717) is 11.8 Å². The third-order valence-corrected chi connectivity index (χ3v) is 4.17. The molecular weight excluding hydrogens is 244 g/mol. The molecule has 0 aliphatic heterocycles.